The molecule has 29 nitrogen and oxygen atoms in total. The number of aliphatic hydroxyl groups excluding tert-OH is 1. The van der Waals surface area contributed by atoms with E-state index < -0.39 is 176 Å². The van der Waals surface area contributed by atoms with Crippen LogP contribution in [-0.4, -0.2) is 175 Å². The molecule has 0 saturated heterocycles. The highest BCUT2D eigenvalue weighted by Gasteiger charge is 2.36. The van der Waals surface area contributed by atoms with E-state index in [0.29, 0.717) is 12.0 Å². The number of carboxylic acid groups (broad SMARTS) is 4. The molecule has 442 valence electrons. The van der Waals surface area contributed by atoms with Crippen LogP contribution in [0.3, 0.4) is 0 Å². The van der Waals surface area contributed by atoms with Crippen molar-refractivity contribution in [3.8, 4) is 5.75 Å². The summed E-state index contributed by atoms with van der Waals surface area (Å²) >= 11 is 0. The van der Waals surface area contributed by atoms with Crippen LogP contribution in [0.5, 0.6) is 5.75 Å². The SMILES string of the molecule is CC[C@H](C)[C@H](N)C(=O)N[C@@H](CC(C)C)C(=O)N[C@@H](CC(=O)O)C(=O)N[C@H](C(=O)N[C@@H](C)C(=O)NCC(=O)N[C@@H](CC(C)C)C(=O)N[C@@H](CCC(=O)O)C(=O)N[C@@H](CCC(=O)O)C(=O)N[C@@H](Cc1ccc(O)cc1)C(=O)O)[C@@H](C)O. The van der Waals surface area contributed by atoms with Gasteiger partial charge in [-0.1, -0.05) is 60.1 Å². The van der Waals surface area contributed by atoms with Crippen LogP contribution in [0.25, 0.3) is 0 Å². The highest BCUT2D eigenvalue weighted by atomic mass is 16.4. The Kier molecular flexibility index (Phi) is 29.8. The number of phenols is 1. The number of aliphatic carboxylic acids is 4. The number of hydrogen-bond acceptors (Lipinski definition) is 16. The summed E-state index contributed by atoms with van der Waals surface area (Å²) in [5, 5.41) is 79.0. The normalized spacial score (nSPS) is 15.3. The molecule has 0 aliphatic carbocycles. The first-order valence-electron chi connectivity index (χ1n) is 25.6. The summed E-state index contributed by atoms with van der Waals surface area (Å²) in [5.74, 6) is -16.1. The van der Waals surface area contributed by atoms with Crippen molar-refractivity contribution in [3.63, 3.8) is 0 Å². The molecular formula is C50H78N10O19. The fourth-order valence-corrected chi connectivity index (χ4v) is 7.39. The van der Waals surface area contributed by atoms with Crippen molar-refractivity contribution in [2.75, 3.05) is 6.54 Å². The van der Waals surface area contributed by atoms with Gasteiger partial charge in [0.2, 0.25) is 53.2 Å². The largest absolute Gasteiger partial charge is 0.508 e. The lowest BCUT2D eigenvalue weighted by atomic mass is 9.97. The molecule has 1 rings (SSSR count). The predicted octanol–water partition coefficient (Wildman–Crippen LogP) is -2.92. The zero-order valence-electron chi connectivity index (χ0n) is 45.5. The molecule has 0 spiro atoms. The highest BCUT2D eigenvalue weighted by Crippen LogP contribution is 2.14. The maximum Gasteiger partial charge on any atom is 0.326 e. The molecule has 1 aromatic rings. The number of rotatable bonds is 36. The van der Waals surface area contributed by atoms with E-state index in [1.54, 1.807) is 34.6 Å². The van der Waals surface area contributed by atoms with E-state index in [0.717, 1.165) is 13.8 Å². The summed E-state index contributed by atoms with van der Waals surface area (Å²) < 4.78 is 0. The number of nitrogens with two attached hydrogens (primary N) is 1. The van der Waals surface area contributed by atoms with Crippen molar-refractivity contribution in [2.45, 2.75) is 174 Å². The van der Waals surface area contributed by atoms with Crippen LogP contribution in [0, 0.1) is 17.8 Å². The molecule has 1 aromatic carbocycles. The van der Waals surface area contributed by atoms with Gasteiger partial charge in [0, 0.05) is 19.3 Å². The zero-order valence-corrected chi connectivity index (χ0v) is 45.5. The molecule has 0 heterocycles. The molecule has 9 amide bonds. The van der Waals surface area contributed by atoms with Gasteiger partial charge in [-0.2, -0.15) is 0 Å². The van der Waals surface area contributed by atoms with E-state index >= 15 is 0 Å². The van der Waals surface area contributed by atoms with E-state index in [9.17, 15) is 93.0 Å². The first-order chi connectivity index (χ1) is 36.8. The monoisotopic (exact) mass is 1120 g/mol. The molecular weight excluding hydrogens is 1040 g/mol. The summed E-state index contributed by atoms with van der Waals surface area (Å²) in [7, 11) is 0. The number of nitrogens with one attached hydrogen (secondary N) is 9. The summed E-state index contributed by atoms with van der Waals surface area (Å²) in [6, 6.07) is -8.59. The topological polar surface area (TPSA) is 478 Å². The van der Waals surface area contributed by atoms with Crippen LogP contribution >= 0.6 is 0 Å². The summed E-state index contributed by atoms with van der Waals surface area (Å²) in [4.78, 5) is 167. The van der Waals surface area contributed by atoms with Crippen molar-refractivity contribution in [2.24, 2.45) is 23.5 Å². The number of phenolic OH excluding ortho intramolecular Hbond substituents is 1. The van der Waals surface area contributed by atoms with Crippen LogP contribution in [-0.2, 0) is 68.7 Å². The van der Waals surface area contributed by atoms with Gasteiger partial charge in [0.25, 0.3) is 0 Å². The van der Waals surface area contributed by atoms with Crippen molar-refractivity contribution < 1.29 is 93.0 Å². The third-order valence-electron chi connectivity index (χ3n) is 12.1. The quantitative estimate of drug-likeness (QED) is 0.0320. The Balaban J connectivity index is 3.18. The van der Waals surface area contributed by atoms with Crippen LogP contribution in [0.1, 0.15) is 112 Å². The van der Waals surface area contributed by atoms with Crippen LogP contribution in [0.15, 0.2) is 24.3 Å². The maximum absolute atomic E-state index is 13.7. The second kappa shape index (κ2) is 34.0. The summed E-state index contributed by atoms with van der Waals surface area (Å²) in [6.45, 7) is 11.8. The van der Waals surface area contributed by atoms with Gasteiger partial charge in [-0.05, 0) is 75.0 Å². The van der Waals surface area contributed by atoms with E-state index in [1.165, 1.54) is 24.3 Å². The number of hydrogen-bond donors (Lipinski definition) is 16. The van der Waals surface area contributed by atoms with E-state index in [2.05, 4.69) is 47.9 Å². The Bertz CT molecular complexity index is 2310. The zero-order chi connectivity index (χ0) is 60.4. The second-order valence-corrected chi connectivity index (χ2v) is 19.9. The third-order valence-corrected chi connectivity index (χ3v) is 12.1. The van der Waals surface area contributed by atoms with Crippen LogP contribution in [0.2, 0.25) is 0 Å². The van der Waals surface area contributed by atoms with Crippen LogP contribution in [0.4, 0.5) is 0 Å². The van der Waals surface area contributed by atoms with Crippen molar-refractivity contribution in [1.29, 1.82) is 0 Å². The second-order valence-electron chi connectivity index (χ2n) is 19.9. The Morgan fingerprint density at radius 2 is 0.937 bits per heavy atom. The van der Waals surface area contributed by atoms with Gasteiger partial charge in [0.1, 0.15) is 54.1 Å². The van der Waals surface area contributed by atoms with Crippen molar-refractivity contribution in [3.05, 3.63) is 29.8 Å². The number of aromatic hydroxyl groups is 1. The van der Waals surface area contributed by atoms with Crippen molar-refractivity contribution >= 4 is 77.0 Å². The fourth-order valence-electron chi connectivity index (χ4n) is 7.39. The average Bonchev–Trinajstić information content (AvgIpc) is 3.35. The van der Waals surface area contributed by atoms with Gasteiger partial charge in [-0.3, -0.25) is 57.5 Å². The molecule has 0 bridgehead atoms. The Labute approximate surface area is 456 Å². The molecule has 0 radical (unpaired) electrons. The minimum atomic E-state index is -1.85. The fraction of sp³-hybridized carbons (Fsp3) is 0.620. The lowest BCUT2D eigenvalue weighted by Crippen LogP contribution is -2.61. The van der Waals surface area contributed by atoms with Gasteiger partial charge >= 0.3 is 23.9 Å². The Morgan fingerprint density at radius 1 is 0.506 bits per heavy atom. The maximum atomic E-state index is 13.7. The minimum absolute atomic E-state index is 0.0640. The predicted molar refractivity (Wildman–Crippen MR) is 278 cm³/mol. The number of carboxylic acids is 4. The van der Waals surface area contributed by atoms with Gasteiger partial charge < -0.3 is 84.2 Å². The lowest BCUT2D eigenvalue weighted by Gasteiger charge is -2.27. The Hall–Kier alpha value is -7.95. The molecule has 29 heteroatoms. The van der Waals surface area contributed by atoms with Gasteiger partial charge in [-0.15, -0.1) is 0 Å². The van der Waals surface area contributed by atoms with E-state index in [-0.39, 0.29) is 42.8 Å². The number of benzene rings is 1. The Morgan fingerprint density at radius 3 is 1.37 bits per heavy atom. The van der Waals surface area contributed by atoms with Crippen LogP contribution < -0.4 is 53.6 Å². The standard InChI is InChI=1S/C50H78N10O19/c1-9-25(6)40(51)48(76)58-33(19-24(4)5)46(74)57-34(21-39(68)69)47(75)60-41(27(8)61)49(77)53-26(7)42(70)52-22-36(63)54-32(18-23(2)3)45(73)56-30(14-16-37(64)65)43(71)55-31(15-17-38(66)67)44(72)59-35(50(78)79)20-28-10-12-29(62)13-11-28/h10-13,23-27,30-35,40-41,61-62H,9,14-22,51H2,1-8H3,(H,52,70)(H,53,77)(H,54,63)(H,55,71)(H,56,73)(H,57,74)(H,58,76)(H,59,72)(H,60,75)(H,64,65)(H,66,67)(H,68,69)(H,78,79)/t25-,26-,27+,30-,31-,32-,33-,34-,35-,40-,41-/m0/s1. The molecule has 0 saturated carbocycles. The van der Waals surface area contributed by atoms with Gasteiger partial charge in [0.15, 0.2) is 0 Å². The van der Waals surface area contributed by atoms with E-state index in [4.69, 9.17) is 5.73 Å². The molecule has 79 heavy (non-hydrogen) atoms. The summed E-state index contributed by atoms with van der Waals surface area (Å²) in [5.41, 5.74) is 6.41. The number of carbonyl (C=O) groups excluding carboxylic acids is 9. The highest BCUT2D eigenvalue weighted by molar-refractivity contribution is 5.99. The minimum Gasteiger partial charge on any atom is -0.508 e. The van der Waals surface area contributed by atoms with Crippen molar-refractivity contribution in [1.82, 2.24) is 47.9 Å². The smallest absolute Gasteiger partial charge is 0.326 e. The van der Waals surface area contributed by atoms with Gasteiger partial charge in [0.05, 0.1) is 25.1 Å². The summed E-state index contributed by atoms with van der Waals surface area (Å²) in [6.07, 6.45) is -5.05. The number of carbonyl (C=O) groups is 13. The van der Waals surface area contributed by atoms with E-state index in [1.807, 2.05) is 6.92 Å². The molecule has 11 atom stereocenters. The number of aliphatic hydroxyl groups is 1. The molecule has 0 aromatic heterocycles. The molecule has 0 unspecified atom stereocenters. The average molecular weight is 1120 g/mol. The molecule has 0 aliphatic heterocycles. The first kappa shape index (κ1) is 69.1. The lowest BCUT2D eigenvalue weighted by molar-refractivity contribution is -0.143. The van der Waals surface area contributed by atoms with Gasteiger partial charge in [-0.25, -0.2) is 4.79 Å². The molecule has 17 N–H and O–H groups in total. The number of amides is 9. The molecule has 0 aliphatic rings. The third kappa shape index (κ3) is 26.3. The molecule has 0 fully saturated rings. The first-order valence-corrected chi connectivity index (χ1v) is 25.6.